The highest BCUT2D eigenvalue weighted by Crippen LogP contribution is 2.32. The highest BCUT2D eigenvalue weighted by molar-refractivity contribution is 9.10. The summed E-state index contributed by atoms with van der Waals surface area (Å²) >= 11 is 15.0. The van der Waals surface area contributed by atoms with Crippen LogP contribution in [0.25, 0.3) is 0 Å². The highest BCUT2D eigenvalue weighted by Gasteiger charge is 2.22. The van der Waals surface area contributed by atoms with Gasteiger partial charge in [-0.25, -0.2) is 13.1 Å². The van der Waals surface area contributed by atoms with E-state index in [-0.39, 0.29) is 21.5 Å². The van der Waals surface area contributed by atoms with Crippen LogP contribution < -0.4 is 4.72 Å². The minimum Gasteiger partial charge on any atom is -0.360 e. The maximum absolute atomic E-state index is 12.1. The van der Waals surface area contributed by atoms with Crippen molar-refractivity contribution >= 4 is 49.2 Å². The first kappa shape index (κ1) is 14.8. The first-order valence-corrected chi connectivity index (χ1v) is 7.97. The summed E-state index contributed by atoms with van der Waals surface area (Å²) < 4.78 is 32.0. The van der Waals surface area contributed by atoms with Gasteiger partial charge in [-0.2, -0.15) is 0 Å². The second kappa shape index (κ2) is 5.80. The molecule has 102 valence electrons. The van der Waals surface area contributed by atoms with Crippen LogP contribution in [-0.2, 0) is 16.6 Å². The normalized spacial score (nSPS) is 11.7. The molecule has 1 aromatic heterocycles. The van der Waals surface area contributed by atoms with Crippen LogP contribution in [0, 0.1) is 0 Å². The second-order valence-electron chi connectivity index (χ2n) is 3.50. The number of hydrogen-bond acceptors (Lipinski definition) is 4. The van der Waals surface area contributed by atoms with E-state index in [1.807, 2.05) is 0 Å². The van der Waals surface area contributed by atoms with E-state index in [0.717, 1.165) is 0 Å². The molecule has 0 amide bonds. The minimum absolute atomic E-state index is 0.0319. The van der Waals surface area contributed by atoms with Crippen LogP contribution in [0.3, 0.4) is 0 Å². The van der Waals surface area contributed by atoms with Gasteiger partial charge in [0.05, 0.1) is 22.8 Å². The van der Waals surface area contributed by atoms with Crippen molar-refractivity contribution in [1.29, 1.82) is 0 Å². The van der Waals surface area contributed by atoms with Crippen LogP contribution in [0.2, 0.25) is 10.0 Å². The van der Waals surface area contributed by atoms with Gasteiger partial charge in [-0.15, -0.1) is 0 Å². The topological polar surface area (TPSA) is 72.2 Å². The van der Waals surface area contributed by atoms with Crippen LogP contribution in [0.1, 0.15) is 5.76 Å². The quantitative estimate of drug-likeness (QED) is 0.876. The zero-order chi connectivity index (χ0) is 14.0. The van der Waals surface area contributed by atoms with Gasteiger partial charge >= 0.3 is 0 Å². The molecule has 0 radical (unpaired) electrons. The molecule has 0 spiro atoms. The Balaban J connectivity index is 2.29. The van der Waals surface area contributed by atoms with Gasteiger partial charge in [-0.1, -0.05) is 44.3 Å². The summed E-state index contributed by atoms with van der Waals surface area (Å²) in [4.78, 5) is -0.168. The van der Waals surface area contributed by atoms with Gasteiger partial charge < -0.3 is 4.52 Å². The summed E-state index contributed by atoms with van der Waals surface area (Å²) in [6, 6.07) is 4.46. The molecule has 0 bridgehead atoms. The number of hydrogen-bond donors (Lipinski definition) is 1. The smallest absolute Gasteiger partial charge is 0.243 e. The van der Waals surface area contributed by atoms with E-state index in [9.17, 15) is 8.42 Å². The molecule has 0 atom stereocenters. The van der Waals surface area contributed by atoms with Crippen molar-refractivity contribution in [3.8, 4) is 0 Å². The maximum atomic E-state index is 12.1. The van der Waals surface area contributed by atoms with Gasteiger partial charge in [-0.3, -0.25) is 0 Å². The molecule has 2 rings (SSSR count). The maximum Gasteiger partial charge on any atom is 0.243 e. The number of benzene rings is 1. The molecule has 0 aliphatic heterocycles. The first-order valence-electron chi connectivity index (χ1n) is 4.94. The minimum atomic E-state index is -3.84. The summed E-state index contributed by atoms with van der Waals surface area (Å²) in [7, 11) is -3.84. The lowest BCUT2D eigenvalue weighted by atomic mass is 10.4. The number of halogens is 3. The van der Waals surface area contributed by atoms with Gasteiger partial charge in [0, 0.05) is 10.5 Å². The first-order chi connectivity index (χ1) is 8.90. The molecule has 0 saturated carbocycles. The van der Waals surface area contributed by atoms with E-state index in [2.05, 4.69) is 25.8 Å². The second-order valence-corrected chi connectivity index (χ2v) is 6.94. The Hall–Kier alpha value is -0.600. The third-order valence-corrected chi connectivity index (χ3v) is 4.94. The molecule has 1 heterocycles. The van der Waals surface area contributed by atoms with Crippen molar-refractivity contribution < 1.29 is 12.9 Å². The molecule has 19 heavy (non-hydrogen) atoms. The summed E-state index contributed by atoms with van der Waals surface area (Å²) in [5.41, 5.74) is 0. The van der Waals surface area contributed by atoms with Crippen LogP contribution in [0.4, 0.5) is 0 Å². The number of nitrogens with zero attached hydrogens (tertiary/aromatic N) is 1. The average Bonchev–Trinajstić information content (AvgIpc) is 2.77. The molecule has 1 aromatic carbocycles. The fourth-order valence-electron chi connectivity index (χ4n) is 1.36. The van der Waals surface area contributed by atoms with Crippen molar-refractivity contribution in [2.45, 2.75) is 11.4 Å². The van der Waals surface area contributed by atoms with Crippen molar-refractivity contribution in [3.05, 3.63) is 44.7 Å². The van der Waals surface area contributed by atoms with Crippen LogP contribution in [0.15, 0.2) is 38.3 Å². The summed E-state index contributed by atoms with van der Waals surface area (Å²) in [6.45, 7) is -0.0367. The van der Waals surface area contributed by atoms with Crippen LogP contribution >= 0.6 is 39.1 Å². The summed E-state index contributed by atoms with van der Waals surface area (Å²) in [5, 5.41) is 3.54. The molecule has 0 aliphatic carbocycles. The number of aromatic nitrogens is 1. The lowest BCUT2D eigenvalue weighted by Gasteiger charge is -2.09. The largest absolute Gasteiger partial charge is 0.360 e. The molecule has 0 unspecified atom stereocenters. The lowest BCUT2D eigenvalue weighted by Crippen LogP contribution is -2.23. The van der Waals surface area contributed by atoms with Crippen LogP contribution in [-0.4, -0.2) is 13.6 Å². The fourth-order valence-corrected chi connectivity index (χ4v) is 4.28. The third kappa shape index (κ3) is 3.49. The van der Waals surface area contributed by atoms with Crippen molar-refractivity contribution in [3.63, 3.8) is 0 Å². The Labute approximate surface area is 128 Å². The van der Waals surface area contributed by atoms with Crippen molar-refractivity contribution in [1.82, 2.24) is 9.88 Å². The monoisotopic (exact) mass is 384 g/mol. The summed E-state index contributed by atoms with van der Waals surface area (Å²) in [6.07, 6.45) is 1.42. The van der Waals surface area contributed by atoms with Crippen molar-refractivity contribution in [2.24, 2.45) is 0 Å². The standard InChI is InChI=1S/C10H7BrCl2N2O3S/c11-6-3-8(12)10(9(13)4-6)19(16,17)15-5-7-1-2-14-18-7/h1-4,15H,5H2. The van der Waals surface area contributed by atoms with E-state index in [4.69, 9.17) is 27.7 Å². The van der Waals surface area contributed by atoms with E-state index in [0.29, 0.717) is 10.2 Å². The lowest BCUT2D eigenvalue weighted by molar-refractivity contribution is 0.380. The molecule has 0 saturated heterocycles. The molecule has 2 aromatic rings. The van der Waals surface area contributed by atoms with Gasteiger partial charge in [0.2, 0.25) is 10.0 Å². The molecule has 5 nitrogen and oxygen atoms in total. The number of sulfonamides is 1. The highest BCUT2D eigenvalue weighted by atomic mass is 79.9. The Morgan fingerprint density at radius 3 is 2.47 bits per heavy atom. The van der Waals surface area contributed by atoms with Crippen LogP contribution in [0.5, 0.6) is 0 Å². The van der Waals surface area contributed by atoms with Gasteiger partial charge in [-0.05, 0) is 12.1 Å². The molecular weight excluding hydrogens is 379 g/mol. The van der Waals surface area contributed by atoms with E-state index >= 15 is 0 Å². The predicted molar refractivity (Wildman–Crippen MR) is 74.7 cm³/mol. The molecule has 0 aliphatic rings. The fraction of sp³-hybridized carbons (Fsp3) is 0.100. The average molecular weight is 386 g/mol. The Bertz CT molecular complexity index is 666. The molecule has 1 N–H and O–H groups in total. The molecular formula is C10H7BrCl2N2O3S. The van der Waals surface area contributed by atoms with E-state index < -0.39 is 10.0 Å². The Kier molecular flexibility index (Phi) is 4.52. The molecule has 0 fully saturated rings. The van der Waals surface area contributed by atoms with Gasteiger partial charge in [0.1, 0.15) is 4.90 Å². The summed E-state index contributed by atoms with van der Waals surface area (Å²) in [5.74, 6) is 0.382. The SMILES string of the molecule is O=S(=O)(NCc1ccno1)c1c(Cl)cc(Br)cc1Cl. The van der Waals surface area contributed by atoms with Gasteiger partial charge in [0.15, 0.2) is 5.76 Å². The number of nitrogens with one attached hydrogen (secondary N) is 1. The van der Waals surface area contributed by atoms with Crippen molar-refractivity contribution in [2.75, 3.05) is 0 Å². The Morgan fingerprint density at radius 1 is 1.32 bits per heavy atom. The molecule has 9 heteroatoms. The number of rotatable bonds is 4. The van der Waals surface area contributed by atoms with E-state index in [1.165, 1.54) is 18.3 Å². The Morgan fingerprint density at radius 2 is 1.95 bits per heavy atom. The predicted octanol–water partition coefficient (Wildman–Crippen LogP) is 3.22. The third-order valence-electron chi connectivity index (χ3n) is 2.16. The van der Waals surface area contributed by atoms with Gasteiger partial charge in [0.25, 0.3) is 0 Å². The zero-order valence-corrected chi connectivity index (χ0v) is 13.1. The van der Waals surface area contributed by atoms with E-state index in [1.54, 1.807) is 6.07 Å². The zero-order valence-electron chi connectivity index (χ0n) is 9.23.